The van der Waals surface area contributed by atoms with E-state index in [9.17, 15) is 18.0 Å². The van der Waals surface area contributed by atoms with E-state index in [1.807, 2.05) is 13.8 Å². The Labute approximate surface area is 268 Å². The first-order valence-corrected chi connectivity index (χ1v) is 16.4. The van der Waals surface area contributed by atoms with Gasteiger partial charge < -0.3 is 15.0 Å². The van der Waals surface area contributed by atoms with Gasteiger partial charge >= 0.3 is 0 Å². The summed E-state index contributed by atoms with van der Waals surface area (Å²) in [5.74, 6) is -0.641. The first-order valence-electron chi connectivity index (χ1n) is 13.9. The molecule has 12 heteroatoms. The molecular formula is C31H36Cl3N3O5S. The van der Waals surface area contributed by atoms with Gasteiger partial charge in [-0.2, -0.15) is 0 Å². The van der Waals surface area contributed by atoms with Crippen LogP contribution in [0.2, 0.25) is 15.1 Å². The number of nitrogens with one attached hydrogen (secondary N) is 1. The summed E-state index contributed by atoms with van der Waals surface area (Å²) in [7, 11) is -2.82. The summed E-state index contributed by atoms with van der Waals surface area (Å²) < 4.78 is 34.3. The van der Waals surface area contributed by atoms with Crippen LogP contribution in [0.4, 0.5) is 5.69 Å². The quantitative estimate of drug-likeness (QED) is 0.189. The van der Waals surface area contributed by atoms with Crippen molar-refractivity contribution >= 4 is 62.3 Å². The van der Waals surface area contributed by atoms with Gasteiger partial charge in [-0.1, -0.05) is 78.8 Å². The predicted octanol–water partition coefficient (Wildman–Crippen LogP) is 6.88. The second-order valence-electron chi connectivity index (χ2n) is 9.93. The number of amides is 2. The number of carbonyl (C=O) groups excluding carboxylic acids is 2. The Balaban J connectivity index is 2.11. The smallest absolute Gasteiger partial charge is 0.264 e. The van der Waals surface area contributed by atoms with Crippen LogP contribution in [-0.2, 0) is 26.2 Å². The van der Waals surface area contributed by atoms with E-state index in [0.717, 1.165) is 22.7 Å². The summed E-state index contributed by atoms with van der Waals surface area (Å²) in [6.45, 7) is 5.34. The molecule has 0 aliphatic heterocycles. The molecule has 0 radical (unpaired) electrons. The number of hydrogen-bond acceptors (Lipinski definition) is 5. The Bertz CT molecular complexity index is 1510. The minimum Gasteiger partial charge on any atom is -0.495 e. The van der Waals surface area contributed by atoms with Crippen LogP contribution < -0.4 is 14.4 Å². The van der Waals surface area contributed by atoms with Crippen LogP contribution in [0.1, 0.15) is 44.2 Å². The molecule has 3 rings (SSSR count). The first kappa shape index (κ1) is 34.5. The molecule has 3 aromatic carbocycles. The third-order valence-electron chi connectivity index (χ3n) is 6.92. The van der Waals surface area contributed by atoms with Gasteiger partial charge in [0.1, 0.15) is 18.3 Å². The fraction of sp³-hybridized carbons (Fsp3) is 0.355. The van der Waals surface area contributed by atoms with Gasteiger partial charge in [-0.05, 0) is 62.2 Å². The average molecular weight is 669 g/mol. The maximum absolute atomic E-state index is 14.2. The van der Waals surface area contributed by atoms with Crippen molar-refractivity contribution in [3.05, 3.63) is 86.9 Å². The van der Waals surface area contributed by atoms with Crippen molar-refractivity contribution in [2.75, 3.05) is 24.5 Å². The molecule has 0 aliphatic carbocycles. The third kappa shape index (κ3) is 8.56. The zero-order valence-electron chi connectivity index (χ0n) is 24.6. The lowest BCUT2D eigenvalue weighted by Gasteiger charge is -2.33. The lowest BCUT2D eigenvalue weighted by molar-refractivity contribution is -0.140. The van der Waals surface area contributed by atoms with Gasteiger partial charge in [0.25, 0.3) is 10.0 Å². The van der Waals surface area contributed by atoms with Gasteiger partial charge in [-0.25, -0.2) is 8.42 Å². The van der Waals surface area contributed by atoms with Crippen molar-refractivity contribution in [2.45, 2.75) is 57.5 Å². The van der Waals surface area contributed by atoms with Gasteiger partial charge in [-0.3, -0.25) is 13.9 Å². The minimum absolute atomic E-state index is 0.0112. The molecule has 0 fully saturated rings. The molecule has 1 unspecified atom stereocenters. The lowest BCUT2D eigenvalue weighted by Crippen LogP contribution is -2.52. The fourth-order valence-electron chi connectivity index (χ4n) is 4.46. The highest BCUT2D eigenvalue weighted by Gasteiger charge is 2.34. The molecule has 43 heavy (non-hydrogen) atoms. The SMILES string of the molecule is CCCCNC(=O)C(CC)N(Cc1c(Cl)cccc1Cl)C(=O)CN(c1ccc(OC)c(Cl)c1)S(=O)(=O)c1ccc(C)cc1. The summed E-state index contributed by atoms with van der Waals surface area (Å²) in [6, 6.07) is 14.8. The van der Waals surface area contributed by atoms with Gasteiger partial charge in [-0.15, -0.1) is 0 Å². The Kier molecular flexibility index (Phi) is 12.6. The van der Waals surface area contributed by atoms with Crippen molar-refractivity contribution in [1.29, 1.82) is 0 Å². The highest BCUT2D eigenvalue weighted by molar-refractivity contribution is 7.92. The Morgan fingerprint density at radius 2 is 1.60 bits per heavy atom. The summed E-state index contributed by atoms with van der Waals surface area (Å²) in [6.07, 6.45) is 1.92. The van der Waals surface area contributed by atoms with Crippen LogP contribution in [0.15, 0.2) is 65.6 Å². The molecule has 8 nitrogen and oxygen atoms in total. The normalized spacial score (nSPS) is 12.0. The average Bonchev–Trinajstić information content (AvgIpc) is 2.97. The zero-order valence-corrected chi connectivity index (χ0v) is 27.7. The maximum atomic E-state index is 14.2. The largest absolute Gasteiger partial charge is 0.495 e. The van der Waals surface area contributed by atoms with E-state index in [2.05, 4.69) is 5.32 Å². The molecular weight excluding hydrogens is 633 g/mol. The minimum atomic E-state index is -4.26. The van der Waals surface area contributed by atoms with E-state index in [1.54, 1.807) is 37.3 Å². The number of anilines is 1. The molecule has 232 valence electrons. The Morgan fingerprint density at radius 1 is 0.953 bits per heavy atom. The van der Waals surface area contributed by atoms with Gasteiger partial charge in [0.2, 0.25) is 11.8 Å². The highest BCUT2D eigenvalue weighted by Crippen LogP contribution is 2.33. The number of benzene rings is 3. The van der Waals surface area contributed by atoms with Crippen molar-refractivity contribution in [3.8, 4) is 5.75 Å². The zero-order chi connectivity index (χ0) is 31.7. The standard InChI is InChI=1S/C31H36Cl3N3O5S/c1-5-7-17-35-31(39)28(6-2)36(19-24-25(32)9-8-10-26(24)33)30(38)20-37(22-13-16-29(42-4)27(34)18-22)43(40,41)23-14-11-21(3)12-15-23/h8-16,18,28H,5-7,17,19-20H2,1-4H3,(H,35,39). The van der Waals surface area contributed by atoms with Crippen LogP contribution in [0.5, 0.6) is 5.75 Å². The number of hydrogen-bond donors (Lipinski definition) is 1. The van der Waals surface area contributed by atoms with E-state index in [1.165, 1.54) is 42.3 Å². The molecule has 0 spiro atoms. The van der Waals surface area contributed by atoms with Crippen LogP contribution in [-0.4, -0.2) is 51.4 Å². The number of methoxy groups -OCH3 is 1. The molecule has 0 aliphatic rings. The van der Waals surface area contributed by atoms with E-state index in [4.69, 9.17) is 39.5 Å². The molecule has 0 bridgehead atoms. The number of aryl methyl sites for hydroxylation is 1. The summed E-state index contributed by atoms with van der Waals surface area (Å²) in [4.78, 5) is 28.9. The predicted molar refractivity (Wildman–Crippen MR) is 173 cm³/mol. The second-order valence-corrected chi connectivity index (χ2v) is 13.0. The second kappa shape index (κ2) is 15.7. The number of unbranched alkanes of at least 4 members (excludes halogenated alkanes) is 1. The van der Waals surface area contributed by atoms with E-state index >= 15 is 0 Å². The van der Waals surface area contributed by atoms with Crippen LogP contribution in [0.3, 0.4) is 0 Å². The van der Waals surface area contributed by atoms with Crippen LogP contribution >= 0.6 is 34.8 Å². The van der Waals surface area contributed by atoms with Crippen molar-refractivity contribution < 1.29 is 22.7 Å². The van der Waals surface area contributed by atoms with Crippen molar-refractivity contribution in [1.82, 2.24) is 10.2 Å². The lowest BCUT2D eigenvalue weighted by atomic mass is 10.1. The first-order chi connectivity index (χ1) is 20.4. The number of carbonyl (C=O) groups is 2. The molecule has 0 saturated heterocycles. The highest BCUT2D eigenvalue weighted by atomic mass is 35.5. The Morgan fingerprint density at radius 3 is 2.16 bits per heavy atom. The van der Waals surface area contributed by atoms with E-state index in [-0.39, 0.29) is 34.5 Å². The molecule has 0 heterocycles. The molecule has 2 amide bonds. The maximum Gasteiger partial charge on any atom is 0.264 e. The van der Waals surface area contributed by atoms with Crippen molar-refractivity contribution in [2.24, 2.45) is 0 Å². The van der Waals surface area contributed by atoms with Crippen LogP contribution in [0, 0.1) is 6.92 Å². The summed E-state index contributed by atoms with van der Waals surface area (Å²) >= 11 is 19.3. The van der Waals surface area contributed by atoms with Gasteiger partial charge in [0.05, 0.1) is 22.7 Å². The molecule has 3 aromatic rings. The number of ether oxygens (including phenoxy) is 1. The van der Waals surface area contributed by atoms with Crippen molar-refractivity contribution in [3.63, 3.8) is 0 Å². The molecule has 1 atom stereocenters. The number of sulfonamides is 1. The van der Waals surface area contributed by atoms with Gasteiger partial charge in [0.15, 0.2) is 0 Å². The summed E-state index contributed by atoms with van der Waals surface area (Å²) in [5.41, 5.74) is 1.46. The molecule has 0 aromatic heterocycles. The van der Waals surface area contributed by atoms with Gasteiger partial charge in [0, 0.05) is 28.7 Å². The van der Waals surface area contributed by atoms with Crippen LogP contribution in [0.25, 0.3) is 0 Å². The fourth-order valence-corrected chi connectivity index (χ4v) is 6.63. The number of rotatable bonds is 14. The molecule has 0 saturated carbocycles. The van der Waals surface area contributed by atoms with E-state index < -0.39 is 28.5 Å². The van der Waals surface area contributed by atoms with E-state index in [0.29, 0.717) is 27.9 Å². The number of nitrogens with zero attached hydrogens (tertiary/aromatic N) is 2. The number of halogens is 3. The molecule has 1 N–H and O–H groups in total. The monoisotopic (exact) mass is 667 g/mol. The third-order valence-corrected chi connectivity index (χ3v) is 9.71. The summed E-state index contributed by atoms with van der Waals surface area (Å²) in [5, 5.41) is 3.69. The topological polar surface area (TPSA) is 96.0 Å². The Hall–Kier alpha value is -2.98.